The number of hydrogen-bond donors (Lipinski definition) is 0. The van der Waals surface area contributed by atoms with E-state index in [1.165, 1.54) is 17.7 Å². The fourth-order valence-corrected chi connectivity index (χ4v) is 4.99. The number of allylic oxidation sites excluding steroid dienone is 4. The number of ether oxygens (including phenoxy) is 2. The monoisotopic (exact) mass is 527 g/mol. The minimum absolute atomic E-state index is 0.0889. The predicted octanol–water partition coefficient (Wildman–Crippen LogP) is 5.37. The molecule has 1 heterocycles. The first kappa shape index (κ1) is 26.0. The summed E-state index contributed by atoms with van der Waals surface area (Å²) in [6.07, 6.45) is 6.63. The largest absolute Gasteiger partial charge is 0.495 e. The van der Waals surface area contributed by atoms with Gasteiger partial charge in [0.2, 0.25) is 0 Å². The molecule has 1 aliphatic carbocycles. The van der Waals surface area contributed by atoms with Gasteiger partial charge in [0, 0.05) is 36.4 Å². The van der Waals surface area contributed by atoms with Crippen molar-refractivity contribution < 1.29 is 22.7 Å². The average molecular weight is 528 g/mol. The van der Waals surface area contributed by atoms with E-state index in [2.05, 4.69) is 0 Å². The molecule has 0 radical (unpaired) electrons. The molecule has 1 amide bonds. The Balaban J connectivity index is 1.51. The molecule has 2 aromatic rings. The number of fused-ring (bicyclic) bond motifs is 1. The molecule has 0 bridgehead atoms. The molecule has 0 saturated heterocycles. The lowest BCUT2D eigenvalue weighted by Gasteiger charge is -2.30. The predicted molar refractivity (Wildman–Crippen MR) is 141 cm³/mol. The Morgan fingerprint density at radius 3 is 2.53 bits per heavy atom. The number of carbonyl (C=O) groups excluding carboxylic acids is 1. The third kappa shape index (κ3) is 6.59. The SMILES string of the molecule is CC(C)OC1=CC=C(S(C)(=O)=O)C=C(C(=O)N2CCc3ccc(OCc4ccc(Cl)cc4)cc3C2)C1. The standard InChI is InChI=1S/C28H30ClNO5S/c1-19(2)35-26-10-11-27(36(3,32)33)16-22(14-26)28(31)30-13-12-21-6-9-25(15-23(21)17-30)34-18-20-4-7-24(29)8-5-20/h4-11,15-16,19H,12-14,17-18H2,1-3H3. The van der Waals surface area contributed by atoms with E-state index in [9.17, 15) is 13.2 Å². The van der Waals surface area contributed by atoms with Crippen molar-refractivity contribution >= 4 is 27.3 Å². The number of amides is 1. The Morgan fingerprint density at radius 2 is 1.83 bits per heavy atom. The van der Waals surface area contributed by atoms with Crippen LogP contribution in [-0.2, 0) is 38.9 Å². The highest BCUT2D eigenvalue weighted by Gasteiger charge is 2.27. The van der Waals surface area contributed by atoms with E-state index in [0.29, 0.717) is 42.5 Å². The van der Waals surface area contributed by atoms with Crippen LogP contribution in [0.5, 0.6) is 5.75 Å². The molecule has 6 nitrogen and oxygen atoms in total. The number of nitrogens with zero attached hydrogens (tertiary/aromatic N) is 1. The van der Waals surface area contributed by atoms with Crippen LogP contribution in [0.15, 0.2) is 76.9 Å². The number of carbonyl (C=O) groups is 1. The zero-order valence-electron chi connectivity index (χ0n) is 20.7. The number of rotatable bonds is 7. The highest BCUT2D eigenvalue weighted by Crippen LogP contribution is 2.29. The van der Waals surface area contributed by atoms with Gasteiger partial charge in [0.15, 0.2) is 9.84 Å². The maximum Gasteiger partial charge on any atom is 0.250 e. The smallest absolute Gasteiger partial charge is 0.250 e. The summed E-state index contributed by atoms with van der Waals surface area (Å²) in [6.45, 7) is 5.18. The summed E-state index contributed by atoms with van der Waals surface area (Å²) in [7, 11) is -3.49. The van der Waals surface area contributed by atoms with Crippen molar-refractivity contribution in [3.63, 3.8) is 0 Å². The topological polar surface area (TPSA) is 72.9 Å². The Morgan fingerprint density at radius 1 is 1.08 bits per heavy atom. The molecular formula is C28H30ClNO5S. The highest BCUT2D eigenvalue weighted by molar-refractivity contribution is 7.94. The Labute approximate surface area is 217 Å². The second-order valence-corrected chi connectivity index (χ2v) is 11.8. The van der Waals surface area contributed by atoms with Crippen molar-refractivity contribution in [2.75, 3.05) is 12.8 Å². The molecule has 0 saturated carbocycles. The summed E-state index contributed by atoms with van der Waals surface area (Å²) in [5, 5.41) is 0.679. The van der Waals surface area contributed by atoms with Crippen LogP contribution in [0, 0.1) is 0 Å². The second kappa shape index (κ2) is 10.9. The quantitative estimate of drug-likeness (QED) is 0.484. The summed E-state index contributed by atoms with van der Waals surface area (Å²) in [4.78, 5) is 15.4. The van der Waals surface area contributed by atoms with E-state index in [1.807, 2.05) is 56.3 Å². The first-order valence-electron chi connectivity index (χ1n) is 11.8. The molecule has 0 unspecified atom stereocenters. The summed E-state index contributed by atoms with van der Waals surface area (Å²) in [6, 6.07) is 13.5. The number of halogens is 1. The van der Waals surface area contributed by atoms with E-state index in [1.54, 1.807) is 11.0 Å². The fraction of sp³-hybridized carbons (Fsp3) is 0.321. The second-order valence-electron chi connectivity index (χ2n) is 9.31. The van der Waals surface area contributed by atoms with Gasteiger partial charge >= 0.3 is 0 Å². The first-order chi connectivity index (χ1) is 17.1. The Bertz CT molecular complexity index is 1340. The maximum absolute atomic E-state index is 13.6. The minimum Gasteiger partial charge on any atom is -0.495 e. The average Bonchev–Trinajstić information content (AvgIpc) is 3.05. The van der Waals surface area contributed by atoms with Crippen LogP contribution < -0.4 is 4.74 Å². The Hall–Kier alpha value is -3.03. The summed E-state index contributed by atoms with van der Waals surface area (Å²) >= 11 is 5.95. The van der Waals surface area contributed by atoms with Gasteiger partial charge < -0.3 is 14.4 Å². The van der Waals surface area contributed by atoms with Crippen molar-refractivity contribution in [1.82, 2.24) is 4.90 Å². The van der Waals surface area contributed by atoms with Gasteiger partial charge in [0.25, 0.3) is 5.91 Å². The van der Waals surface area contributed by atoms with Crippen LogP contribution in [0.25, 0.3) is 0 Å². The van der Waals surface area contributed by atoms with Crippen LogP contribution in [0.3, 0.4) is 0 Å². The summed E-state index contributed by atoms with van der Waals surface area (Å²) in [5.74, 6) is 1.10. The van der Waals surface area contributed by atoms with Gasteiger partial charge in [-0.25, -0.2) is 8.42 Å². The number of sulfone groups is 1. The third-order valence-corrected chi connectivity index (χ3v) is 7.36. The Kier molecular flexibility index (Phi) is 7.91. The number of hydrogen-bond acceptors (Lipinski definition) is 5. The van der Waals surface area contributed by atoms with Crippen LogP contribution >= 0.6 is 11.6 Å². The normalized spacial score (nSPS) is 15.9. The van der Waals surface area contributed by atoms with Gasteiger partial charge in [-0.3, -0.25) is 4.79 Å². The molecule has 0 fully saturated rings. The van der Waals surface area contributed by atoms with Gasteiger partial charge in [0.1, 0.15) is 18.1 Å². The fourth-order valence-electron chi connectivity index (χ4n) is 4.19. The van der Waals surface area contributed by atoms with E-state index >= 15 is 0 Å². The molecule has 8 heteroatoms. The maximum atomic E-state index is 13.6. The molecule has 0 N–H and O–H groups in total. The van der Waals surface area contributed by atoms with Crippen molar-refractivity contribution in [3.8, 4) is 5.75 Å². The van der Waals surface area contributed by atoms with Crippen molar-refractivity contribution in [3.05, 3.63) is 98.6 Å². The van der Waals surface area contributed by atoms with Crippen LogP contribution in [0.1, 0.15) is 37.0 Å². The highest BCUT2D eigenvalue weighted by atomic mass is 35.5. The molecule has 36 heavy (non-hydrogen) atoms. The molecule has 1 aliphatic heterocycles. The molecule has 4 rings (SSSR count). The van der Waals surface area contributed by atoms with Gasteiger partial charge in [-0.2, -0.15) is 0 Å². The van der Waals surface area contributed by atoms with Crippen molar-refractivity contribution in [1.29, 1.82) is 0 Å². The lowest BCUT2D eigenvalue weighted by Crippen LogP contribution is -2.37. The van der Waals surface area contributed by atoms with E-state index in [-0.39, 0.29) is 23.3 Å². The molecule has 2 aromatic carbocycles. The van der Waals surface area contributed by atoms with E-state index in [0.717, 1.165) is 23.1 Å². The molecular weight excluding hydrogens is 498 g/mol. The van der Waals surface area contributed by atoms with Crippen molar-refractivity contribution in [2.24, 2.45) is 0 Å². The van der Waals surface area contributed by atoms with Gasteiger partial charge in [0.05, 0.1) is 11.0 Å². The third-order valence-electron chi connectivity index (χ3n) is 6.00. The van der Waals surface area contributed by atoms with Gasteiger partial charge in [-0.1, -0.05) is 29.8 Å². The van der Waals surface area contributed by atoms with E-state index in [4.69, 9.17) is 21.1 Å². The molecule has 190 valence electrons. The van der Waals surface area contributed by atoms with E-state index < -0.39 is 9.84 Å². The molecule has 2 aliphatic rings. The van der Waals surface area contributed by atoms with Crippen molar-refractivity contribution in [2.45, 2.75) is 45.9 Å². The van der Waals surface area contributed by atoms with Crippen LogP contribution in [0.2, 0.25) is 5.02 Å². The minimum atomic E-state index is -3.49. The van der Waals surface area contributed by atoms with Crippen LogP contribution in [0.4, 0.5) is 0 Å². The first-order valence-corrected chi connectivity index (χ1v) is 14.1. The van der Waals surface area contributed by atoms with Crippen LogP contribution in [-0.4, -0.2) is 38.1 Å². The molecule has 0 spiro atoms. The van der Waals surface area contributed by atoms with Gasteiger partial charge in [-0.15, -0.1) is 0 Å². The lowest BCUT2D eigenvalue weighted by atomic mass is 9.98. The molecule has 0 aromatic heterocycles. The van der Waals surface area contributed by atoms with Gasteiger partial charge in [-0.05, 0) is 79.5 Å². The molecule has 0 atom stereocenters. The zero-order chi connectivity index (χ0) is 25.9. The summed E-state index contributed by atoms with van der Waals surface area (Å²) in [5.41, 5.74) is 3.60. The number of benzene rings is 2. The zero-order valence-corrected chi connectivity index (χ0v) is 22.2. The lowest BCUT2D eigenvalue weighted by molar-refractivity contribution is -0.128. The summed E-state index contributed by atoms with van der Waals surface area (Å²) < 4.78 is 36.3.